The van der Waals surface area contributed by atoms with Gasteiger partial charge >= 0.3 is 5.97 Å². The maximum absolute atomic E-state index is 11.7. The number of methoxy groups -OCH3 is 3. The fraction of sp³-hybridized carbons (Fsp3) is 0.200. The van der Waals surface area contributed by atoms with Crippen molar-refractivity contribution in [2.24, 2.45) is 10.2 Å². The van der Waals surface area contributed by atoms with Crippen molar-refractivity contribution in [1.29, 1.82) is 0 Å². The van der Waals surface area contributed by atoms with Crippen LogP contribution in [0, 0.1) is 0 Å². The average molecular weight is 428 g/mol. The molecule has 0 aliphatic carbocycles. The maximum atomic E-state index is 11.7. The number of hydrogen-bond donors (Lipinski definition) is 1. The van der Waals surface area contributed by atoms with Crippen LogP contribution in [0.4, 0.5) is 0 Å². The molecule has 1 heterocycles. The van der Waals surface area contributed by atoms with Crippen LogP contribution in [-0.4, -0.2) is 44.6 Å². The Morgan fingerprint density at radius 3 is 2.68 bits per heavy atom. The summed E-state index contributed by atoms with van der Waals surface area (Å²) in [6, 6.07) is 3.54. The van der Waals surface area contributed by atoms with Crippen molar-refractivity contribution in [2.45, 2.75) is 0 Å². The van der Waals surface area contributed by atoms with E-state index < -0.39 is 11.9 Å². The van der Waals surface area contributed by atoms with Gasteiger partial charge in [-0.2, -0.15) is 5.10 Å². The van der Waals surface area contributed by atoms with Gasteiger partial charge in [0.25, 0.3) is 5.91 Å². The van der Waals surface area contributed by atoms with Crippen LogP contribution in [0.5, 0.6) is 11.5 Å². The number of hydrogen-bond acceptors (Lipinski definition) is 8. The van der Waals surface area contributed by atoms with E-state index in [1.807, 2.05) is 0 Å². The number of carbonyl (C=O) groups is 2. The number of nitrogens with zero attached hydrogens (tertiary/aromatic N) is 2. The van der Waals surface area contributed by atoms with Crippen LogP contribution in [0.15, 0.2) is 37.8 Å². The second-order valence-corrected chi connectivity index (χ2v) is 6.32. The Kier molecular flexibility index (Phi) is 6.59. The summed E-state index contributed by atoms with van der Waals surface area (Å²) in [5.41, 5.74) is 0.630. The molecule has 1 amide bonds. The third kappa shape index (κ3) is 4.60. The molecule has 1 saturated heterocycles. The number of thioether (sulfide) groups is 1. The molecule has 0 unspecified atom stereocenters. The molecule has 1 N–H and O–H groups in total. The smallest absolute Gasteiger partial charge is 0.331 e. The molecule has 0 bridgehead atoms. The lowest BCUT2D eigenvalue weighted by Gasteiger charge is -2.11. The SMILES string of the molecule is COC(=O)/C=C1/S/C(=N\N=Cc2c(Br)ccc(OC)c2OC)NC1=O. The number of benzene rings is 1. The number of halogens is 1. The quantitative estimate of drug-likeness (QED) is 0.334. The highest BCUT2D eigenvalue weighted by Gasteiger charge is 2.25. The molecule has 0 saturated carbocycles. The summed E-state index contributed by atoms with van der Waals surface area (Å²) in [5.74, 6) is -0.0150. The molecule has 0 atom stereocenters. The summed E-state index contributed by atoms with van der Waals surface area (Å²) < 4.78 is 15.8. The van der Waals surface area contributed by atoms with Crippen molar-refractivity contribution in [3.05, 3.63) is 33.2 Å². The molecule has 1 aromatic rings. The van der Waals surface area contributed by atoms with Gasteiger partial charge in [-0.3, -0.25) is 10.1 Å². The predicted octanol–water partition coefficient (Wildman–Crippen LogP) is 2.08. The standard InChI is InChI=1S/C15H14BrN3O5S/c1-22-10-5-4-9(16)8(13(10)24-3)7-17-19-15-18-14(21)11(25-15)6-12(20)23-2/h4-7H,1-3H3,(H,18,19,21)/b11-6+,17-7?. The van der Waals surface area contributed by atoms with E-state index in [9.17, 15) is 9.59 Å². The van der Waals surface area contributed by atoms with Gasteiger partial charge in [0.1, 0.15) is 0 Å². The van der Waals surface area contributed by atoms with Gasteiger partial charge in [0.05, 0.1) is 38.0 Å². The zero-order chi connectivity index (χ0) is 18.4. The zero-order valence-corrected chi connectivity index (χ0v) is 15.9. The first-order chi connectivity index (χ1) is 12.0. The predicted molar refractivity (Wildman–Crippen MR) is 98.1 cm³/mol. The van der Waals surface area contributed by atoms with Gasteiger partial charge in [-0.05, 0) is 39.8 Å². The van der Waals surface area contributed by atoms with Gasteiger partial charge in [-0.1, -0.05) is 0 Å². The van der Waals surface area contributed by atoms with Crippen LogP contribution in [0.3, 0.4) is 0 Å². The topological polar surface area (TPSA) is 98.6 Å². The molecule has 132 valence electrons. The monoisotopic (exact) mass is 427 g/mol. The van der Waals surface area contributed by atoms with Crippen molar-refractivity contribution >= 4 is 51.0 Å². The van der Waals surface area contributed by atoms with Crippen LogP contribution < -0.4 is 14.8 Å². The van der Waals surface area contributed by atoms with E-state index in [0.717, 1.165) is 22.3 Å². The average Bonchev–Trinajstić information content (AvgIpc) is 2.95. The first kappa shape index (κ1) is 19.0. The molecule has 1 aromatic carbocycles. The van der Waals surface area contributed by atoms with E-state index in [2.05, 4.69) is 36.2 Å². The molecule has 1 aliphatic heterocycles. The summed E-state index contributed by atoms with van der Waals surface area (Å²) >= 11 is 4.40. The minimum Gasteiger partial charge on any atom is -0.493 e. The fourth-order valence-electron chi connectivity index (χ4n) is 1.83. The minimum absolute atomic E-state index is 0.181. The number of amides is 1. The molecule has 0 aromatic heterocycles. The third-order valence-corrected chi connectivity index (χ3v) is 4.56. The number of carbonyl (C=O) groups excluding carboxylic acids is 2. The Labute approximate surface area is 156 Å². The lowest BCUT2D eigenvalue weighted by Crippen LogP contribution is -2.19. The van der Waals surface area contributed by atoms with Gasteiger partial charge in [0.2, 0.25) is 0 Å². The molecule has 2 rings (SSSR count). The maximum Gasteiger partial charge on any atom is 0.331 e. The first-order valence-electron chi connectivity index (χ1n) is 6.80. The largest absolute Gasteiger partial charge is 0.493 e. The lowest BCUT2D eigenvalue weighted by atomic mass is 10.2. The van der Waals surface area contributed by atoms with Crippen molar-refractivity contribution in [3.8, 4) is 11.5 Å². The zero-order valence-electron chi connectivity index (χ0n) is 13.5. The molecule has 8 nitrogen and oxygen atoms in total. The number of rotatable bonds is 5. The number of nitrogens with one attached hydrogen (secondary N) is 1. The number of amidine groups is 1. The minimum atomic E-state index is -0.618. The van der Waals surface area contributed by atoms with E-state index in [1.165, 1.54) is 27.5 Å². The van der Waals surface area contributed by atoms with E-state index in [0.29, 0.717) is 17.1 Å². The van der Waals surface area contributed by atoms with Crippen LogP contribution in [0.1, 0.15) is 5.56 Å². The van der Waals surface area contributed by atoms with E-state index in [4.69, 9.17) is 9.47 Å². The molecular formula is C15H14BrN3O5S. The van der Waals surface area contributed by atoms with Crippen LogP contribution in [0.25, 0.3) is 0 Å². The molecule has 0 radical (unpaired) electrons. The van der Waals surface area contributed by atoms with Gasteiger partial charge in [-0.25, -0.2) is 4.79 Å². The second kappa shape index (κ2) is 8.67. The number of ether oxygens (including phenoxy) is 3. The van der Waals surface area contributed by atoms with E-state index in [1.54, 1.807) is 12.1 Å². The molecular weight excluding hydrogens is 414 g/mol. The summed E-state index contributed by atoms with van der Waals surface area (Å²) in [6.45, 7) is 0. The van der Waals surface area contributed by atoms with Crippen molar-refractivity contribution in [3.63, 3.8) is 0 Å². The molecule has 1 aliphatic rings. The van der Waals surface area contributed by atoms with Gasteiger partial charge in [0.15, 0.2) is 16.7 Å². The van der Waals surface area contributed by atoms with Crippen molar-refractivity contribution in [2.75, 3.05) is 21.3 Å². The Hall–Kier alpha value is -2.33. The Morgan fingerprint density at radius 1 is 1.28 bits per heavy atom. The van der Waals surface area contributed by atoms with Crippen molar-refractivity contribution in [1.82, 2.24) is 5.32 Å². The Bertz CT molecular complexity index is 792. The van der Waals surface area contributed by atoms with Gasteiger partial charge in [-0.15, -0.1) is 5.10 Å². The first-order valence-corrected chi connectivity index (χ1v) is 8.41. The van der Waals surface area contributed by atoms with Crippen molar-refractivity contribution < 1.29 is 23.8 Å². The number of esters is 1. The van der Waals surface area contributed by atoms with Gasteiger partial charge < -0.3 is 14.2 Å². The summed E-state index contributed by atoms with van der Waals surface area (Å²) in [4.78, 5) is 23.1. The molecule has 0 spiro atoms. The summed E-state index contributed by atoms with van der Waals surface area (Å²) in [6.07, 6.45) is 2.56. The highest BCUT2D eigenvalue weighted by Crippen LogP contribution is 2.34. The Morgan fingerprint density at radius 2 is 2.04 bits per heavy atom. The lowest BCUT2D eigenvalue weighted by molar-refractivity contribution is -0.135. The fourth-order valence-corrected chi connectivity index (χ4v) is 2.98. The van der Waals surface area contributed by atoms with Crippen LogP contribution >= 0.6 is 27.7 Å². The molecule has 25 heavy (non-hydrogen) atoms. The van der Waals surface area contributed by atoms with E-state index in [-0.39, 0.29) is 10.1 Å². The highest BCUT2D eigenvalue weighted by molar-refractivity contribution is 9.10. The van der Waals surface area contributed by atoms with E-state index >= 15 is 0 Å². The van der Waals surface area contributed by atoms with Crippen LogP contribution in [0.2, 0.25) is 0 Å². The second-order valence-electron chi connectivity index (χ2n) is 4.43. The van der Waals surface area contributed by atoms with Crippen LogP contribution in [-0.2, 0) is 14.3 Å². The summed E-state index contributed by atoms with van der Waals surface area (Å²) in [5, 5.41) is 10.6. The Balaban J connectivity index is 2.22. The molecule has 10 heteroatoms. The highest BCUT2D eigenvalue weighted by atomic mass is 79.9. The molecule has 1 fully saturated rings. The normalized spacial score (nSPS) is 17.2. The third-order valence-electron chi connectivity index (χ3n) is 2.97. The summed E-state index contributed by atoms with van der Waals surface area (Å²) in [7, 11) is 4.28. The van der Waals surface area contributed by atoms with Gasteiger partial charge in [0, 0.05) is 10.5 Å².